The van der Waals surface area contributed by atoms with E-state index in [0.29, 0.717) is 12.1 Å². The summed E-state index contributed by atoms with van der Waals surface area (Å²) in [6, 6.07) is 6.17. The molecule has 106 valence electrons. The summed E-state index contributed by atoms with van der Waals surface area (Å²) in [4.78, 5) is 2.11. The average molecular weight is 267 g/mol. The van der Waals surface area contributed by atoms with E-state index in [9.17, 15) is 14.6 Å². The number of aliphatic hydroxyl groups is 2. The van der Waals surface area contributed by atoms with Crippen molar-refractivity contribution < 1.29 is 14.6 Å². The smallest absolute Gasteiger partial charge is 0.123 e. The van der Waals surface area contributed by atoms with Crippen LogP contribution < -0.4 is 0 Å². The van der Waals surface area contributed by atoms with Crippen molar-refractivity contribution in [1.82, 2.24) is 4.90 Å². The number of likely N-dealkylation sites (tertiary alicyclic amines) is 1. The molecule has 4 heteroatoms. The van der Waals surface area contributed by atoms with Crippen LogP contribution in [0.15, 0.2) is 24.3 Å². The van der Waals surface area contributed by atoms with Gasteiger partial charge in [-0.3, -0.25) is 4.90 Å². The van der Waals surface area contributed by atoms with E-state index in [0.717, 1.165) is 25.8 Å². The Bertz CT molecular complexity index is 411. The Morgan fingerprint density at radius 2 is 2.16 bits per heavy atom. The maximum Gasteiger partial charge on any atom is 0.123 e. The van der Waals surface area contributed by atoms with Gasteiger partial charge in [0.2, 0.25) is 0 Å². The van der Waals surface area contributed by atoms with Gasteiger partial charge in [-0.2, -0.15) is 0 Å². The predicted molar refractivity (Wildman–Crippen MR) is 72.3 cm³/mol. The molecule has 1 aliphatic rings. The second kappa shape index (κ2) is 6.46. The molecule has 3 atom stereocenters. The van der Waals surface area contributed by atoms with Crippen LogP contribution in [-0.4, -0.2) is 40.3 Å². The van der Waals surface area contributed by atoms with Crippen LogP contribution in [0.25, 0.3) is 0 Å². The van der Waals surface area contributed by atoms with Crippen LogP contribution >= 0.6 is 0 Å². The van der Waals surface area contributed by atoms with Gasteiger partial charge in [-0.15, -0.1) is 0 Å². The largest absolute Gasteiger partial charge is 0.392 e. The molecule has 3 nitrogen and oxygen atoms in total. The highest BCUT2D eigenvalue weighted by Gasteiger charge is 2.27. The number of aliphatic hydroxyl groups excluding tert-OH is 2. The van der Waals surface area contributed by atoms with Crippen molar-refractivity contribution >= 4 is 0 Å². The lowest BCUT2D eigenvalue weighted by atomic mass is 9.97. The molecule has 1 aromatic rings. The third-order valence-electron chi connectivity index (χ3n) is 3.86. The molecule has 1 aromatic carbocycles. The van der Waals surface area contributed by atoms with Crippen LogP contribution in [0.1, 0.15) is 37.9 Å². The Hall–Kier alpha value is -0.970. The van der Waals surface area contributed by atoms with Crippen LogP contribution in [0.3, 0.4) is 0 Å². The van der Waals surface area contributed by atoms with E-state index in [1.54, 1.807) is 19.1 Å². The van der Waals surface area contributed by atoms with Crippen LogP contribution in [-0.2, 0) is 0 Å². The fourth-order valence-electron chi connectivity index (χ4n) is 2.83. The number of piperidine rings is 1. The zero-order valence-corrected chi connectivity index (χ0v) is 11.3. The van der Waals surface area contributed by atoms with Gasteiger partial charge in [-0.25, -0.2) is 4.39 Å². The summed E-state index contributed by atoms with van der Waals surface area (Å²) < 4.78 is 13.1. The quantitative estimate of drug-likeness (QED) is 0.878. The van der Waals surface area contributed by atoms with Gasteiger partial charge in [-0.05, 0) is 44.0 Å². The first kappa shape index (κ1) is 14.4. The number of nitrogens with zero attached hydrogens (tertiary/aromatic N) is 1. The Labute approximate surface area is 113 Å². The van der Waals surface area contributed by atoms with Crippen molar-refractivity contribution in [2.24, 2.45) is 0 Å². The molecule has 1 heterocycles. The van der Waals surface area contributed by atoms with Crippen molar-refractivity contribution in [3.63, 3.8) is 0 Å². The Kier molecular flexibility index (Phi) is 4.91. The second-order valence-electron chi connectivity index (χ2n) is 5.37. The molecule has 0 bridgehead atoms. The standard InChI is InChI=1S/C15H22FNO2/c1-11(18)14-7-2-3-8-17(14)10-15(19)12-5-4-6-13(16)9-12/h4-6,9,11,14-15,18-19H,2-3,7-8,10H2,1H3. The molecular weight excluding hydrogens is 245 g/mol. The average Bonchev–Trinajstić information content (AvgIpc) is 2.39. The van der Waals surface area contributed by atoms with Crippen LogP contribution in [0.5, 0.6) is 0 Å². The van der Waals surface area contributed by atoms with Crippen LogP contribution in [0, 0.1) is 5.82 Å². The molecule has 3 unspecified atom stereocenters. The second-order valence-corrected chi connectivity index (χ2v) is 5.37. The predicted octanol–water partition coefficient (Wildman–Crippen LogP) is 2.09. The third-order valence-corrected chi connectivity index (χ3v) is 3.86. The first-order chi connectivity index (χ1) is 9.08. The van der Waals surface area contributed by atoms with Gasteiger partial charge in [0, 0.05) is 12.6 Å². The summed E-state index contributed by atoms with van der Waals surface area (Å²) in [7, 11) is 0. The maximum atomic E-state index is 13.1. The van der Waals surface area contributed by atoms with Crippen molar-refractivity contribution in [3.05, 3.63) is 35.6 Å². The highest BCUT2D eigenvalue weighted by molar-refractivity contribution is 5.19. The molecule has 1 fully saturated rings. The van der Waals surface area contributed by atoms with Crippen molar-refractivity contribution in [2.75, 3.05) is 13.1 Å². The summed E-state index contributed by atoms with van der Waals surface area (Å²) in [5.74, 6) is -0.331. The normalized spacial score (nSPS) is 24.1. The van der Waals surface area contributed by atoms with Crippen LogP contribution in [0.4, 0.5) is 4.39 Å². The van der Waals surface area contributed by atoms with E-state index in [1.165, 1.54) is 12.1 Å². The fourth-order valence-corrected chi connectivity index (χ4v) is 2.83. The molecule has 0 aromatic heterocycles. The minimum Gasteiger partial charge on any atom is -0.392 e. The van der Waals surface area contributed by atoms with Crippen molar-refractivity contribution in [3.8, 4) is 0 Å². The molecular formula is C15H22FNO2. The lowest BCUT2D eigenvalue weighted by Crippen LogP contribution is -2.47. The molecule has 2 rings (SSSR count). The fraction of sp³-hybridized carbons (Fsp3) is 0.600. The molecule has 19 heavy (non-hydrogen) atoms. The van der Waals surface area contributed by atoms with Gasteiger partial charge in [0.05, 0.1) is 12.2 Å². The van der Waals surface area contributed by atoms with E-state index in [2.05, 4.69) is 4.90 Å². The van der Waals surface area contributed by atoms with E-state index in [1.807, 2.05) is 0 Å². The Morgan fingerprint density at radius 1 is 1.37 bits per heavy atom. The number of benzene rings is 1. The molecule has 0 saturated carbocycles. The lowest BCUT2D eigenvalue weighted by Gasteiger charge is -2.38. The summed E-state index contributed by atoms with van der Waals surface area (Å²) >= 11 is 0. The van der Waals surface area contributed by atoms with Gasteiger partial charge in [0.15, 0.2) is 0 Å². The highest BCUT2D eigenvalue weighted by Crippen LogP contribution is 2.23. The molecule has 2 N–H and O–H groups in total. The summed E-state index contributed by atoms with van der Waals surface area (Å²) in [5, 5.41) is 20.0. The Morgan fingerprint density at radius 3 is 2.84 bits per heavy atom. The summed E-state index contributed by atoms with van der Waals surface area (Å²) in [6.45, 7) is 3.11. The highest BCUT2D eigenvalue weighted by atomic mass is 19.1. The minimum absolute atomic E-state index is 0.0944. The zero-order valence-electron chi connectivity index (χ0n) is 11.3. The molecule has 0 aliphatic carbocycles. The summed E-state index contributed by atoms with van der Waals surface area (Å²) in [6.07, 6.45) is 2.03. The van der Waals surface area contributed by atoms with Gasteiger partial charge in [-0.1, -0.05) is 18.6 Å². The lowest BCUT2D eigenvalue weighted by molar-refractivity contribution is 0.00757. The molecule has 1 saturated heterocycles. The topological polar surface area (TPSA) is 43.7 Å². The first-order valence-electron chi connectivity index (χ1n) is 6.93. The van der Waals surface area contributed by atoms with E-state index in [4.69, 9.17) is 0 Å². The van der Waals surface area contributed by atoms with Crippen LogP contribution in [0.2, 0.25) is 0 Å². The number of hydrogen-bond acceptors (Lipinski definition) is 3. The van der Waals surface area contributed by atoms with Gasteiger partial charge in [0.25, 0.3) is 0 Å². The minimum atomic E-state index is -0.713. The first-order valence-corrected chi connectivity index (χ1v) is 6.93. The third kappa shape index (κ3) is 3.75. The van der Waals surface area contributed by atoms with Crippen molar-refractivity contribution in [1.29, 1.82) is 0 Å². The van der Waals surface area contributed by atoms with E-state index >= 15 is 0 Å². The van der Waals surface area contributed by atoms with E-state index in [-0.39, 0.29) is 11.9 Å². The number of halogens is 1. The Balaban J connectivity index is 2.02. The SMILES string of the molecule is CC(O)C1CCCCN1CC(O)c1cccc(F)c1. The number of hydrogen-bond donors (Lipinski definition) is 2. The molecule has 0 spiro atoms. The van der Waals surface area contributed by atoms with E-state index < -0.39 is 12.2 Å². The zero-order chi connectivity index (χ0) is 13.8. The molecule has 0 amide bonds. The van der Waals surface area contributed by atoms with Gasteiger partial charge >= 0.3 is 0 Å². The van der Waals surface area contributed by atoms with Crippen molar-refractivity contribution in [2.45, 2.75) is 44.4 Å². The van der Waals surface area contributed by atoms with Gasteiger partial charge < -0.3 is 10.2 Å². The van der Waals surface area contributed by atoms with Gasteiger partial charge in [0.1, 0.15) is 5.82 Å². The number of β-amino-alcohol motifs (C(OH)–C–C–N with tert-alkyl or cyclic N) is 1. The summed E-state index contributed by atoms with van der Waals surface area (Å²) in [5.41, 5.74) is 0.593. The number of rotatable bonds is 4. The monoisotopic (exact) mass is 267 g/mol. The maximum absolute atomic E-state index is 13.1. The molecule has 1 aliphatic heterocycles. The molecule has 0 radical (unpaired) electrons.